The van der Waals surface area contributed by atoms with E-state index in [0.29, 0.717) is 23.1 Å². The fourth-order valence-corrected chi connectivity index (χ4v) is 4.07. The number of benzene rings is 2. The maximum absolute atomic E-state index is 13.0. The molecule has 1 saturated carbocycles. The standard InChI is InChI=1S/C23H17F3N4OS/c24-23(25,26)15-5-1-4-14(11-15)22(31)28-17-6-2-3-13(12-17)20-29-18-9-10-32-19(18)21(30-20)27-16-7-8-16/h1-6,9-12,16H,7-8H2,(H,28,31)(H,27,29,30). The number of halogens is 3. The maximum Gasteiger partial charge on any atom is 0.416 e. The average Bonchev–Trinajstić information content (AvgIpc) is 3.46. The van der Waals surface area contributed by atoms with Gasteiger partial charge in [0, 0.05) is 22.9 Å². The van der Waals surface area contributed by atoms with Gasteiger partial charge >= 0.3 is 6.18 Å². The smallest absolute Gasteiger partial charge is 0.366 e. The Morgan fingerprint density at radius 1 is 1.03 bits per heavy atom. The molecule has 9 heteroatoms. The molecule has 1 aliphatic rings. The summed E-state index contributed by atoms with van der Waals surface area (Å²) in [7, 11) is 0. The van der Waals surface area contributed by atoms with Crippen LogP contribution in [-0.2, 0) is 6.18 Å². The number of carbonyl (C=O) groups excluding carboxylic acids is 1. The monoisotopic (exact) mass is 454 g/mol. The largest absolute Gasteiger partial charge is 0.416 e. The molecule has 0 atom stereocenters. The van der Waals surface area contributed by atoms with Gasteiger partial charge in [0.05, 0.1) is 15.8 Å². The van der Waals surface area contributed by atoms with E-state index < -0.39 is 17.6 Å². The Morgan fingerprint density at radius 3 is 2.62 bits per heavy atom. The Bertz CT molecular complexity index is 1310. The first-order valence-electron chi connectivity index (χ1n) is 9.98. The number of fused-ring (bicyclic) bond motifs is 1. The van der Waals surface area contributed by atoms with Gasteiger partial charge in [-0.05, 0) is 54.6 Å². The van der Waals surface area contributed by atoms with Crippen LogP contribution in [0.4, 0.5) is 24.7 Å². The number of thiophene rings is 1. The predicted molar refractivity (Wildman–Crippen MR) is 119 cm³/mol. The fourth-order valence-electron chi connectivity index (χ4n) is 3.29. The Hall–Kier alpha value is -3.46. The highest BCUT2D eigenvalue weighted by Gasteiger charge is 2.31. The Labute approximate surface area is 185 Å². The molecular formula is C23H17F3N4OS. The van der Waals surface area contributed by atoms with Crippen molar-refractivity contribution in [2.45, 2.75) is 25.1 Å². The average molecular weight is 454 g/mol. The van der Waals surface area contributed by atoms with Crippen molar-refractivity contribution in [2.24, 2.45) is 0 Å². The second-order valence-corrected chi connectivity index (χ2v) is 8.48. The van der Waals surface area contributed by atoms with Crippen molar-refractivity contribution in [3.63, 3.8) is 0 Å². The summed E-state index contributed by atoms with van der Waals surface area (Å²) < 4.78 is 39.9. The van der Waals surface area contributed by atoms with Gasteiger partial charge in [-0.2, -0.15) is 13.2 Å². The lowest BCUT2D eigenvalue weighted by Gasteiger charge is -2.11. The summed E-state index contributed by atoms with van der Waals surface area (Å²) in [5.41, 5.74) is 1.03. The highest BCUT2D eigenvalue weighted by Crippen LogP contribution is 2.33. The van der Waals surface area contributed by atoms with Crippen LogP contribution in [0.15, 0.2) is 60.0 Å². The van der Waals surface area contributed by atoms with Gasteiger partial charge in [-0.25, -0.2) is 9.97 Å². The first-order valence-corrected chi connectivity index (χ1v) is 10.9. The minimum absolute atomic E-state index is 0.0721. The predicted octanol–water partition coefficient (Wildman–Crippen LogP) is 6.20. The second-order valence-electron chi connectivity index (χ2n) is 7.56. The minimum atomic E-state index is -4.51. The first-order chi connectivity index (χ1) is 15.4. The van der Waals surface area contributed by atoms with Crippen LogP contribution in [-0.4, -0.2) is 21.9 Å². The molecule has 2 aromatic heterocycles. The van der Waals surface area contributed by atoms with E-state index in [-0.39, 0.29) is 5.56 Å². The van der Waals surface area contributed by atoms with Gasteiger partial charge in [0.25, 0.3) is 5.91 Å². The number of hydrogen-bond donors (Lipinski definition) is 2. The molecule has 5 nitrogen and oxygen atoms in total. The summed E-state index contributed by atoms with van der Waals surface area (Å²) in [6.45, 7) is 0. The van der Waals surface area contributed by atoms with Crippen molar-refractivity contribution in [1.82, 2.24) is 9.97 Å². The van der Waals surface area contributed by atoms with Crippen LogP contribution in [0.5, 0.6) is 0 Å². The second kappa shape index (κ2) is 7.90. The molecule has 162 valence electrons. The number of rotatable bonds is 5. The van der Waals surface area contributed by atoms with Gasteiger partial charge in [0.15, 0.2) is 5.82 Å². The van der Waals surface area contributed by atoms with Crippen LogP contribution in [0.25, 0.3) is 21.6 Å². The highest BCUT2D eigenvalue weighted by atomic mass is 32.1. The van der Waals surface area contributed by atoms with Crippen molar-refractivity contribution in [1.29, 1.82) is 0 Å². The summed E-state index contributed by atoms with van der Waals surface area (Å²) in [5.74, 6) is 0.675. The summed E-state index contributed by atoms with van der Waals surface area (Å²) in [6.07, 6.45) is -2.29. The van der Waals surface area contributed by atoms with Crippen molar-refractivity contribution >= 4 is 39.0 Å². The minimum Gasteiger partial charge on any atom is -0.366 e. The number of nitrogens with one attached hydrogen (secondary N) is 2. The van der Waals surface area contributed by atoms with Crippen LogP contribution < -0.4 is 10.6 Å². The van der Waals surface area contributed by atoms with Gasteiger partial charge < -0.3 is 10.6 Å². The summed E-state index contributed by atoms with van der Waals surface area (Å²) >= 11 is 1.58. The van der Waals surface area contributed by atoms with Crippen molar-refractivity contribution in [2.75, 3.05) is 10.6 Å². The van der Waals surface area contributed by atoms with Gasteiger partial charge in [-0.15, -0.1) is 11.3 Å². The normalized spacial score (nSPS) is 13.8. The number of aromatic nitrogens is 2. The quantitative estimate of drug-likeness (QED) is 0.377. The first kappa shape index (κ1) is 20.4. The van der Waals surface area contributed by atoms with Crippen LogP contribution in [0, 0.1) is 0 Å². The molecule has 0 bridgehead atoms. The Morgan fingerprint density at radius 2 is 1.84 bits per heavy atom. The zero-order chi connectivity index (χ0) is 22.3. The number of alkyl halides is 3. The van der Waals surface area contributed by atoms with Crippen LogP contribution in [0.1, 0.15) is 28.8 Å². The van der Waals surface area contributed by atoms with E-state index in [2.05, 4.69) is 15.6 Å². The van der Waals surface area contributed by atoms with E-state index in [1.165, 1.54) is 12.1 Å². The van der Waals surface area contributed by atoms with Crippen molar-refractivity contribution < 1.29 is 18.0 Å². The number of nitrogens with zero attached hydrogens (tertiary/aromatic N) is 2. The van der Waals surface area contributed by atoms with E-state index in [1.807, 2.05) is 17.5 Å². The summed E-state index contributed by atoms with van der Waals surface area (Å²) in [5, 5.41) is 8.06. The zero-order valence-electron chi connectivity index (χ0n) is 16.6. The molecule has 0 unspecified atom stereocenters. The topological polar surface area (TPSA) is 66.9 Å². The van der Waals surface area contributed by atoms with Gasteiger partial charge in [0.1, 0.15) is 5.82 Å². The summed E-state index contributed by atoms with van der Waals surface area (Å²) in [4.78, 5) is 21.9. The van der Waals surface area contributed by atoms with E-state index in [9.17, 15) is 18.0 Å². The molecular weight excluding hydrogens is 437 g/mol. The molecule has 2 aromatic carbocycles. The third-order valence-corrected chi connectivity index (χ3v) is 5.96. The molecule has 0 spiro atoms. The molecule has 1 aliphatic carbocycles. The number of hydrogen-bond acceptors (Lipinski definition) is 5. The Kier molecular flexibility index (Phi) is 5.05. The summed E-state index contributed by atoms with van der Waals surface area (Å²) in [6, 6.07) is 13.6. The maximum atomic E-state index is 13.0. The third-order valence-electron chi connectivity index (χ3n) is 5.05. The molecule has 0 radical (unpaired) electrons. The lowest BCUT2D eigenvalue weighted by molar-refractivity contribution is -0.137. The molecule has 32 heavy (non-hydrogen) atoms. The molecule has 4 aromatic rings. The molecule has 2 N–H and O–H groups in total. The fraction of sp³-hybridized carbons (Fsp3) is 0.174. The molecule has 0 saturated heterocycles. The van der Waals surface area contributed by atoms with E-state index in [4.69, 9.17) is 4.98 Å². The van der Waals surface area contributed by atoms with Crippen LogP contribution in [0.2, 0.25) is 0 Å². The molecule has 0 aliphatic heterocycles. The van der Waals surface area contributed by atoms with E-state index in [1.54, 1.807) is 29.5 Å². The zero-order valence-corrected chi connectivity index (χ0v) is 17.4. The van der Waals surface area contributed by atoms with Gasteiger partial charge in [0.2, 0.25) is 0 Å². The van der Waals surface area contributed by atoms with Gasteiger partial charge in [-0.3, -0.25) is 4.79 Å². The van der Waals surface area contributed by atoms with Crippen molar-refractivity contribution in [3.8, 4) is 11.4 Å². The lowest BCUT2D eigenvalue weighted by atomic mass is 10.1. The van der Waals surface area contributed by atoms with Crippen LogP contribution >= 0.6 is 11.3 Å². The Balaban J connectivity index is 1.42. The van der Waals surface area contributed by atoms with E-state index >= 15 is 0 Å². The molecule has 1 amide bonds. The van der Waals surface area contributed by atoms with Crippen molar-refractivity contribution in [3.05, 3.63) is 71.1 Å². The third kappa shape index (κ3) is 4.29. The van der Waals surface area contributed by atoms with Gasteiger partial charge in [-0.1, -0.05) is 18.2 Å². The molecule has 2 heterocycles. The molecule has 1 fully saturated rings. The molecule has 5 rings (SSSR count). The number of carbonyl (C=O) groups is 1. The number of anilines is 2. The van der Waals surface area contributed by atoms with E-state index in [0.717, 1.165) is 41.0 Å². The highest BCUT2D eigenvalue weighted by molar-refractivity contribution is 7.17. The number of amides is 1. The SMILES string of the molecule is O=C(Nc1cccc(-c2nc(NC3CC3)c3sccc3n2)c1)c1cccc(C(F)(F)F)c1. The lowest BCUT2D eigenvalue weighted by Crippen LogP contribution is -2.14. The van der Waals surface area contributed by atoms with Crippen LogP contribution in [0.3, 0.4) is 0 Å².